The third kappa shape index (κ3) is 4.44. The number of hydrogen-bond acceptors (Lipinski definition) is 3. The lowest BCUT2D eigenvalue weighted by atomic mass is 9.84. The molecule has 4 nitrogen and oxygen atoms in total. The Balaban J connectivity index is 1.71. The van der Waals surface area contributed by atoms with Crippen molar-refractivity contribution < 1.29 is 9.00 Å². The van der Waals surface area contributed by atoms with E-state index in [1.807, 2.05) is 16.4 Å². The van der Waals surface area contributed by atoms with E-state index >= 15 is 0 Å². The van der Waals surface area contributed by atoms with Gasteiger partial charge in [0.05, 0.1) is 11.0 Å². The smallest absolute Gasteiger partial charge is 0.160 e. The zero-order valence-electron chi connectivity index (χ0n) is 16.1. The molecule has 1 aromatic rings. The normalized spacial score (nSPS) is 23.3. The number of nitrogens with zero attached hydrogens (tertiary/aromatic N) is 1. The van der Waals surface area contributed by atoms with Crippen LogP contribution in [0, 0.1) is 5.92 Å². The highest BCUT2D eigenvalue weighted by Gasteiger charge is 2.30. The average molecular weight is 375 g/mol. The third-order valence-electron chi connectivity index (χ3n) is 5.22. The minimum absolute atomic E-state index is 0.0383. The Morgan fingerprint density at radius 1 is 1.31 bits per heavy atom. The van der Waals surface area contributed by atoms with Gasteiger partial charge in [0.15, 0.2) is 5.78 Å². The van der Waals surface area contributed by atoms with Gasteiger partial charge in [-0.2, -0.15) is 0 Å². The fraction of sp³-hybridized carbons (Fsp3) is 0.571. The van der Waals surface area contributed by atoms with E-state index < -0.39 is 11.0 Å². The molecular formula is C21H30N2O2S. The maximum atomic E-state index is 12.9. The lowest BCUT2D eigenvalue weighted by Crippen LogP contribution is -2.44. The Hall–Kier alpha value is -1.46. The monoisotopic (exact) mass is 374 g/mol. The van der Waals surface area contributed by atoms with Gasteiger partial charge < -0.3 is 5.32 Å². The van der Waals surface area contributed by atoms with Crippen molar-refractivity contribution in [3.05, 3.63) is 41.5 Å². The molecule has 5 heteroatoms. The summed E-state index contributed by atoms with van der Waals surface area (Å²) < 4.78 is 14.2. The maximum absolute atomic E-state index is 12.9. The summed E-state index contributed by atoms with van der Waals surface area (Å²) >= 11 is 0. The number of carbonyl (C=O) groups excluding carboxylic acids is 1. The third-order valence-corrected chi connectivity index (χ3v) is 6.92. The summed E-state index contributed by atoms with van der Waals surface area (Å²) in [6, 6.07) is 8.33. The van der Waals surface area contributed by atoms with Crippen LogP contribution < -0.4 is 5.32 Å². The average Bonchev–Trinajstić information content (AvgIpc) is 2.61. The molecule has 1 unspecified atom stereocenters. The van der Waals surface area contributed by atoms with Crippen molar-refractivity contribution >= 4 is 22.5 Å². The van der Waals surface area contributed by atoms with Crippen molar-refractivity contribution in [2.75, 3.05) is 18.8 Å². The second-order valence-corrected chi connectivity index (χ2v) is 9.60. The quantitative estimate of drug-likeness (QED) is 0.805. The molecule has 2 aliphatic rings. The number of rotatable bonds is 5. The second-order valence-electron chi connectivity index (χ2n) is 8.03. The van der Waals surface area contributed by atoms with Gasteiger partial charge in [0.1, 0.15) is 0 Å². The summed E-state index contributed by atoms with van der Waals surface area (Å²) in [4.78, 5) is 12.9. The minimum atomic E-state index is -0.887. The van der Waals surface area contributed by atoms with Crippen LogP contribution in [0.4, 0.5) is 0 Å². The van der Waals surface area contributed by atoms with E-state index in [0.29, 0.717) is 0 Å². The molecule has 2 aliphatic heterocycles. The molecule has 1 aromatic carbocycles. The highest BCUT2D eigenvalue weighted by Crippen LogP contribution is 2.30. The van der Waals surface area contributed by atoms with E-state index in [0.717, 1.165) is 55.8 Å². The summed E-state index contributed by atoms with van der Waals surface area (Å²) in [6.07, 6.45) is 5.28. The molecule has 142 valence electrons. The molecular weight excluding hydrogens is 344 g/mol. The fourth-order valence-electron chi connectivity index (χ4n) is 3.91. The molecule has 0 spiro atoms. The van der Waals surface area contributed by atoms with Crippen molar-refractivity contribution in [2.24, 2.45) is 5.92 Å². The van der Waals surface area contributed by atoms with E-state index in [1.165, 1.54) is 5.56 Å². The predicted molar refractivity (Wildman–Crippen MR) is 108 cm³/mol. The highest BCUT2D eigenvalue weighted by molar-refractivity contribution is 7.82. The van der Waals surface area contributed by atoms with Crippen LogP contribution in [0.3, 0.4) is 0 Å². The molecule has 1 fully saturated rings. The summed E-state index contributed by atoms with van der Waals surface area (Å²) in [7, 11) is -0.887. The zero-order valence-corrected chi connectivity index (χ0v) is 16.9. The van der Waals surface area contributed by atoms with Gasteiger partial charge in [-0.25, -0.2) is 8.51 Å². The van der Waals surface area contributed by atoms with Crippen molar-refractivity contribution in [3.8, 4) is 0 Å². The summed E-state index contributed by atoms with van der Waals surface area (Å²) in [5.41, 5.74) is 3.32. The highest BCUT2D eigenvalue weighted by atomic mass is 32.2. The molecule has 0 saturated carbocycles. The van der Waals surface area contributed by atoms with E-state index in [9.17, 15) is 9.00 Å². The molecule has 0 bridgehead atoms. The second kappa shape index (κ2) is 8.05. The lowest BCUT2D eigenvalue weighted by Gasteiger charge is -2.36. The standard InChI is InChI=1S/C21H30N2O2S/c1-4-13-26(25)23-11-9-16(10-12-23)20(24)14-19-18-8-6-5-7-17(18)15-21(2,3)22-19/h5-8,14,16,22H,4,9-13,15H2,1-3H3/b19-14-. The summed E-state index contributed by atoms with van der Waals surface area (Å²) in [5.74, 6) is 0.954. The molecule has 1 saturated heterocycles. The largest absolute Gasteiger partial charge is 0.379 e. The van der Waals surface area contributed by atoms with Gasteiger partial charge >= 0.3 is 0 Å². The molecule has 2 heterocycles. The Morgan fingerprint density at radius 2 is 2.00 bits per heavy atom. The van der Waals surface area contributed by atoms with Gasteiger partial charge in [-0.3, -0.25) is 4.79 Å². The summed E-state index contributed by atoms with van der Waals surface area (Å²) in [5, 5.41) is 3.54. The number of fused-ring (bicyclic) bond motifs is 1. The van der Waals surface area contributed by atoms with Crippen LogP contribution in [-0.2, 0) is 22.2 Å². The van der Waals surface area contributed by atoms with Gasteiger partial charge in [-0.05, 0) is 45.1 Å². The number of hydrogen-bond donors (Lipinski definition) is 1. The minimum Gasteiger partial charge on any atom is -0.379 e. The lowest BCUT2D eigenvalue weighted by molar-refractivity contribution is -0.119. The van der Waals surface area contributed by atoms with E-state index in [1.54, 1.807) is 0 Å². The SMILES string of the molecule is CCCS(=O)N1CCC(C(=O)/C=C2\NC(C)(C)Cc3ccccc32)CC1. The van der Waals surface area contributed by atoms with Crippen LogP contribution in [0.2, 0.25) is 0 Å². The molecule has 0 amide bonds. The van der Waals surface area contributed by atoms with Crippen molar-refractivity contribution in [1.82, 2.24) is 9.62 Å². The van der Waals surface area contributed by atoms with Gasteiger partial charge in [0.25, 0.3) is 0 Å². The fourth-order valence-corrected chi connectivity index (χ4v) is 5.14. The van der Waals surface area contributed by atoms with Crippen LogP contribution in [0.5, 0.6) is 0 Å². The van der Waals surface area contributed by atoms with Gasteiger partial charge in [0, 0.05) is 47.6 Å². The van der Waals surface area contributed by atoms with Gasteiger partial charge in [0.2, 0.25) is 0 Å². The van der Waals surface area contributed by atoms with Crippen LogP contribution in [-0.4, -0.2) is 38.7 Å². The van der Waals surface area contributed by atoms with E-state index in [4.69, 9.17) is 0 Å². The zero-order chi connectivity index (χ0) is 18.7. The molecule has 0 radical (unpaired) electrons. The predicted octanol–water partition coefficient (Wildman–Crippen LogP) is 3.31. The number of carbonyl (C=O) groups is 1. The van der Waals surface area contributed by atoms with Gasteiger partial charge in [-0.15, -0.1) is 0 Å². The summed E-state index contributed by atoms with van der Waals surface area (Å²) in [6.45, 7) is 7.89. The molecule has 0 aliphatic carbocycles. The van der Waals surface area contributed by atoms with Crippen molar-refractivity contribution in [3.63, 3.8) is 0 Å². The van der Waals surface area contributed by atoms with Crippen molar-refractivity contribution in [2.45, 2.75) is 52.0 Å². The van der Waals surface area contributed by atoms with Crippen molar-refractivity contribution in [1.29, 1.82) is 0 Å². The molecule has 3 rings (SSSR count). The number of piperidine rings is 1. The van der Waals surface area contributed by atoms with E-state index in [-0.39, 0.29) is 17.2 Å². The Kier molecular flexibility index (Phi) is 5.98. The molecule has 0 aromatic heterocycles. The topological polar surface area (TPSA) is 49.4 Å². The van der Waals surface area contributed by atoms with Crippen LogP contribution in [0.15, 0.2) is 30.3 Å². The number of ketones is 1. The van der Waals surface area contributed by atoms with Crippen LogP contribution in [0.25, 0.3) is 5.70 Å². The maximum Gasteiger partial charge on any atom is 0.160 e. The first-order valence-corrected chi connectivity index (χ1v) is 10.9. The van der Waals surface area contributed by atoms with Gasteiger partial charge in [-0.1, -0.05) is 31.2 Å². The first-order chi connectivity index (χ1) is 12.4. The first kappa shape index (κ1) is 19.3. The van der Waals surface area contributed by atoms with Crippen LogP contribution >= 0.6 is 0 Å². The molecule has 1 N–H and O–H groups in total. The molecule has 26 heavy (non-hydrogen) atoms. The Bertz CT molecular complexity index is 718. The number of allylic oxidation sites excluding steroid dienone is 1. The number of nitrogens with one attached hydrogen (secondary N) is 1. The van der Waals surface area contributed by atoms with Crippen LogP contribution in [0.1, 0.15) is 51.2 Å². The molecule has 1 atom stereocenters. The Morgan fingerprint density at radius 3 is 2.69 bits per heavy atom. The Labute approximate surface area is 159 Å². The van der Waals surface area contributed by atoms with E-state index in [2.05, 4.69) is 44.3 Å². The number of benzene rings is 1. The first-order valence-electron chi connectivity index (χ1n) is 9.65.